The molecule has 1 heterocycles. The molecule has 0 aliphatic rings. The van der Waals surface area contributed by atoms with Crippen LogP contribution in [0, 0.1) is 12.7 Å². The molecule has 3 rings (SSSR count). The van der Waals surface area contributed by atoms with Gasteiger partial charge in [0.2, 0.25) is 0 Å². The molecule has 0 bridgehead atoms. The van der Waals surface area contributed by atoms with Gasteiger partial charge in [-0.1, -0.05) is 6.07 Å². The van der Waals surface area contributed by atoms with Crippen LogP contribution < -0.4 is 0 Å². The fourth-order valence-electron chi connectivity index (χ4n) is 3.06. The van der Waals surface area contributed by atoms with Crippen LogP contribution in [-0.2, 0) is 16.0 Å². The summed E-state index contributed by atoms with van der Waals surface area (Å²) >= 11 is 0. The number of halogens is 1. The molecular formula is C20H18FNO4. The Morgan fingerprint density at radius 3 is 2.65 bits per heavy atom. The van der Waals surface area contributed by atoms with Gasteiger partial charge in [0, 0.05) is 16.6 Å². The Morgan fingerprint density at radius 1 is 1.19 bits per heavy atom. The van der Waals surface area contributed by atoms with Gasteiger partial charge in [-0.3, -0.25) is 14.2 Å². The zero-order valence-electron chi connectivity index (χ0n) is 14.5. The van der Waals surface area contributed by atoms with E-state index in [0.29, 0.717) is 22.2 Å². The fraction of sp³-hybridized carbons (Fsp3) is 0.200. The Kier molecular flexibility index (Phi) is 4.75. The molecule has 0 amide bonds. The maximum atomic E-state index is 13.5. The average Bonchev–Trinajstić information content (AvgIpc) is 2.86. The lowest BCUT2D eigenvalue weighted by Gasteiger charge is -2.08. The van der Waals surface area contributed by atoms with Gasteiger partial charge in [0.25, 0.3) is 5.91 Å². The van der Waals surface area contributed by atoms with E-state index in [0.717, 1.165) is 0 Å². The van der Waals surface area contributed by atoms with Crippen molar-refractivity contribution in [3.63, 3.8) is 0 Å². The number of aromatic hydroxyl groups is 1. The van der Waals surface area contributed by atoms with E-state index in [4.69, 9.17) is 4.74 Å². The lowest BCUT2D eigenvalue weighted by atomic mass is 10.1. The van der Waals surface area contributed by atoms with Gasteiger partial charge in [-0.2, -0.15) is 0 Å². The van der Waals surface area contributed by atoms with E-state index in [2.05, 4.69) is 0 Å². The Morgan fingerprint density at radius 2 is 1.96 bits per heavy atom. The van der Waals surface area contributed by atoms with E-state index in [1.54, 1.807) is 19.9 Å². The smallest absolute Gasteiger partial charge is 0.310 e. The molecule has 0 unspecified atom stereocenters. The normalized spacial score (nSPS) is 10.9. The third-order valence-corrected chi connectivity index (χ3v) is 4.22. The number of phenols is 1. The molecule has 0 atom stereocenters. The summed E-state index contributed by atoms with van der Waals surface area (Å²) < 4.78 is 20.0. The van der Waals surface area contributed by atoms with Gasteiger partial charge in [0.15, 0.2) is 0 Å². The van der Waals surface area contributed by atoms with Crippen LogP contribution in [0.3, 0.4) is 0 Å². The van der Waals surface area contributed by atoms with Gasteiger partial charge in [-0.15, -0.1) is 0 Å². The Hall–Kier alpha value is -3.15. The molecule has 6 heteroatoms. The maximum absolute atomic E-state index is 13.5. The van der Waals surface area contributed by atoms with E-state index in [9.17, 15) is 19.1 Å². The number of aromatic nitrogens is 1. The van der Waals surface area contributed by atoms with Crippen LogP contribution in [0.25, 0.3) is 10.9 Å². The van der Waals surface area contributed by atoms with Crippen LogP contribution in [0.15, 0.2) is 42.5 Å². The number of hydrogen-bond acceptors (Lipinski definition) is 4. The second-order valence-electron chi connectivity index (χ2n) is 5.90. The summed E-state index contributed by atoms with van der Waals surface area (Å²) in [6.07, 6.45) is -0.0247. The largest absolute Gasteiger partial charge is 0.508 e. The van der Waals surface area contributed by atoms with Crippen LogP contribution in [0.5, 0.6) is 5.75 Å². The highest BCUT2D eigenvalue weighted by molar-refractivity contribution is 6.04. The second-order valence-corrected chi connectivity index (χ2v) is 5.90. The van der Waals surface area contributed by atoms with Crippen molar-refractivity contribution in [2.24, 2.45) is 0 Å². The van der Waals surface area contributed by atoms with Crippen LogP contribution in [0.1, 0.15) is 28.5 Å². The first-order valence-corrected chi connectivity index (χ1v) is 8.21. The Bertz CT molecular complexity index is 1010. The molecule has 134 valence electrons. The van der Waals surface area contributed by atoms with Crippen molar-refractivity contribution in [2.75, 3.05) is 6.61 Å². The molecular weight excluding hydrogens is 337 g/mol. The topological polar surface area (TPSA) is 68.5 Å². The van der Waals surface area contributed by atoms with Gasteiger partial charge < -0.3 is 9.84 Å². The molecule has 3 aromatic rings. The number of carbonyl (C=O) groups excluding carboxylic acids is 2. The van der Waals surface area contributed by atoms with Gasteiger partial charge in [0.05, 0.1) is 18.5 Å². The first-order valence-electron chi connectivity index (χ1n) is 8.21. The maximum Gasteiger partial charge on any atom is 0.310 e. The molecule has 0 spiro atoms. The Labute approximate surface area is 149 Å². The lowest BCUT2D eigenvalue weighted by Crippen LogP contribution is -2.14. The Balaban J connectivity index is 2.18. The van der Waals surface area contributed by atoms with E-state index in [1.165, 1.54) is 41.0 Å². The van der Waals surface area contributed by atoms with Crippen molar-refractivity contribution in [2.45, 2.75) is 20.3 Å². The van der Waals surface area contributed by atoms with Gasteiger partial charge in [0.1, 0.15) is 11.6 Å². The van der Waals surface area contributed by atoms with Crippen LogP contribution in [0.2, 0.25) is 0 Å². The summed E-state index contributed by atoms with van der Waals surface area (Å²) in [5.74, 6) is -1.31. The minimum Gasteiger partial charge on any atom is -0.508 e. The number of fused-ring (bicyclic) bond motifs is 1. The van der Waals surface area contributed by atoms with Gasteiger partial charge in [-0.25, -0.2) is 4.39 Å². The molecule has 0 saturated heterocycles. The minimum atomic E-state index is -0.505. The number of ether oxygens (including phenoxy) is 1. The summed E-state index contributed by atoms with van der Waals surface area (Å²) in [5, 5.41) is 10.4. The van der Waals surface area contributed by atoms with E-state index in [1.807, 2.05) is 0 Å². The first-order chi connectivity index (χ1) is 12.4. The zero-order valence-corrected chi connectivity index (χ0v) is 14.5. The van der Waals surface area contributed by atoms with Crippen molar-refractivity contribution in [1.29, 1.82) is 0 Å². The quantitative estimate of drug-likeness (QED) is 0.726. The predicted octanol–water partition coefficient (Wildman–Crippen LogP) is 3.59. The van der Waals surface area contributed by atoms with Gasteiger partial charge >= 0.3 is 5.97 Å². The van der Waals surface area contributed by atoms with Crippen molar-refractivity contribution in [1.82, 2.24) is 4.57 Å². The van der Waals surface area contributed by atoms with Crippen LogP contribution in [0.4, 0.5) is 4.39 Å². The van der Waals surface area contributed by atoms with Crippen molar-refractivity contribution >= 4 is 22.8 Å². The van der Waals surface area contributed by atoms with Crippen molar-refractivity contribution < 1.29 is 23.8 Å². The number of hydrogen-bond donors (Lipinski definition) is 1. The molecule has 0 radical (unpaired) electrons. The fourth-order valence-corrected chi connectivity index (χ4v) is 3.06. The van der Waals surface area contributed by atoms with Crippen molar-refractivity contribution in [3.8, 4) is 5.75 Å². The molecule has 0 fully saturated rings. The summed E-state index contributed by atoms with van der Waals surface area (Å²) in [7, 11) is 0. The number of phenolic OH excluding ortho intramolecular Hbond substituents is 1. The number of nitrogens with zero attached hydrogens (tertiary/aromatic N) is 1. The van der Waals surface area contributed by atoms with Crippen LogP contribution in [-0.4, -0.2) is 28.2 Å². The van der Waals surface area contributed by atoms with Crippen molar-refractivity contribution in [3.05, 3.63) is 65.1 Å². The third kappa shape index (κ3) is 3.18. The minimum absolute atomic E-state index is 0.0247. The predicted molar refractivity (Wildman–Crippen MR) is 94.8 cm³/mol. The molecule has 26 heavy (non-hydrogen) atoms. The molecule has 2 aromatic carbocycles. The SMILES string of the molecule is CCOC(=O)Cc1c(C)n(C(=O)c2cccc(F)c2)c2ccc(O)cc12. The summed E-state index contributed by atoms with van der Waals surface area (Å²) in [6, 6.07) is 10.00. The third-order valence-electron chi connectivity index (χ3n) is 4.22. The highest BCUT2D eigenvalue weighted by atomic mass is 19.1. The standard InChI is InChI=1S/C20H18FNO4/c1-3-26-19(24)11-16-12(2)22(18-8-7-15(23)10-17(16)18)20(25)13-5-4-6-14(21)9-13/h4-10,23H,3,11H2,1-2H3. The summed E-state index contributed by atoms with van der Waals surface area (Å²) in [6.45, 7) is 3.68. The van der Waals surface area contributed by atoms with E-state index in [-0.39, 0.29) is 24.3 Å². The zero-order chi connectivity index (χ0) is 18.8. The second kappa shape index (κ2) is 7.00. The first kappa shape index (κ1) is 17.7. The number of rotatable bonds is 4. The monoisotopic (exact) mass is 355 g/mol. The average molecular weight is 355 g/mol. The molecule has 1 N–H and O–H groups in total. The number of carbonyl (C=O) groups is 2. The summed E-state index contributed by atoms with van der Waals surface area (Å²) in [5.41, 5.74) is 1.88. The molecule has 0 saturated carbocycles. The van der Waals surface area contributed by atoms with E-state index >= 15 is 0 Å². The highest BCUT2D eigenvalue weighted by Gasteiger charge is 2.22. The number of benzene rings is 2. The molecule has 5 nitrogen and oxygen atoms in total. The number of esters is 1. The van der Waals surface area contributed by atoms with E-state index < -0.39 is 17.7 Å². The molecule has 0 aliphatic carbocycles. The molecule has 1 aromatic heterocycles. The van der Waals surface area contributed by atoms with Gasteiger partial charge in [-0.05, 0) is 55.8 Å². The summed E-state index contributed by atoms with van der Waals surface area (Å²) in [4.78, 5) is 24.9. The van der Waals surface area contributed by atoms with Crippen LogP contribution >= 0.6 is 0 Å². The lowest BCUT2D eigenvalue weighted by molar-refractivity contribution is -0.142. The highest BCUT2D eigenvalue weighted by Crippen LogP contribution is 2.30. The molecule has 0 aliphatic heterocycles.